The smallest absolute Gasteiger partial charge is 0.332 e. The molecule has 1 aromatic carbocycles. The molecule has 5 rings (SSSR count). The van der Waals surface area contributed by atoms with Gasteiger partial charge in [-0.3, -0.25) is 18.5 Å². The van der Waals surface area contributed by atoms with E-state index in [0.29, 0.717) is 28.7 Å². The molecule has 1 aliphatic rings. The lowest BCUT2D eigenvalue weighted by Crippen LogP contribution is -2.44. The molecule has 32 heavy (non-hydrogen) atoms. The second-order valence-electron chi connectivity index (χ2n) is 7.75. The molecule has 1 N–H and O–H groups in total. The van der Waals surface area contributed by atoms with Gasteiger partial charge in [-0.1, -0.05) is 23.7 Å². The normalized spacial score (nSPS) is 14.4. The van der Waals surface area contributed by atoms with Gasteiger partial charge in [-0.05, 0) is 12.1 Å². The van der Waals surface area contributed by atoms with E-state index in [1.807, 2.05) is 35.0 Å². The Kier molecular flexibility index (Phi) is 5.36. The van der Waals surface area contributed by atoms with Gasteiger partial charge in [-0.2, -0.15) is 4.98 Å². The molecule has 4 aromatic rings. The molecular formula is C21H22ClN7O2S. The molecule has 1 aliphatic heterocycles. The second kappa shape index (κ2) is 8.19. The van der Waals surface area contributed by atoms with E-state index in [1.54, 1.807) is 18.4 Å². The number of piperazine rings is 1. The molecule has 0 atom stereocenters. The molecule has 11 heteroatoms. The SMILES string of the molecule is Cn1c(=O)c2c(nc(N3CCNCC3)n2Cc2cnc(-c3ccc(Cl)cc3)s2)n(C)c1=O. The van der Waals surface area contributed by atoms with Crippen molar-refractivity contribution < 1.29 is 0 Å². The molecule has 9 nitrogen and oxygen atoms in total. The number of benzene rings is 1. The Morgan fingerprint density at radius 3 is 2.53 bits per heavy atom. The van der Waals surface area contributed by atoms with E-state index in [1.165, 1.54) is 11.6 Å². The van der Waals surface area contributed by atoms with Crippen LogP contribution in [0.2, 0.25) is 5.02 Å². The number of aryl methyl sites for hydroxylation is 1. The molecule has 1 fully saturated rings. The van der Waals surface area contributed by atoms with Crippen molar-refractivity contribution in [2.45, 2.75) is 6.54 Å². The quantitative estimate of drug-likeness (QED) is 0.487. The van der Waals surface area contributed by atoms with Crippen molar-refractivity contribution in [1.29, 1.82) is 0 Å². The van der Waals surface area contributed by atoms with Gasteiger partial charge < -0.3 is 10.2 Å². The van der Waals surface area contributed by atoms with Crippen LogP contribution < -0.4 is 21.5 Å². The van der Waals surface area contributed by atoms with E-state index < -0.39 is 0 Å². The zero-order valence-corrected chi connectivity index (χ0v) is 19.3. The van der Waals surface area contributed by atoms with Gasteiger partial charge in [0.15, 0.2) is 11.2 Å². The van der Waals surface area contributed by atoms with Crippen LogP contribution in [0.25, 0.3) is 21.7 Å². The van der Waals surface area contributed by atoms with Crippen molar-refractivity contribution in [3.05, 3.63) is 61.2 Å². The lowest BCUT2D eigenvalue weighted by molar-refractivity contribution is 0.571. The van der Waals surface area contributed by atoms with Crippen molar-refractivity contribution >= 4 is 40.0 Å². The topological polar surface area (TPSA) is 90.0 Å². The molecule has 3 aromatic heterocycles. The van der Waals surface area contributed by atoms with Gasteiger partial charge >= 0.3 is 5.69 Å². The summed E-state index contributed by atoms with van der Waals surface area (Å²) in [5, 5.41) is 4.89. The van der Waals surface area contributed by atoms with Gasteiger partial charge in [0.25, 0.3) is 5.56 Å². The first-order chi connectivity index (χ1) is 15.4. The van der Waals surface area contributed by atoms with E-state index in [4.69, 9.17) is 16.6 Å². The van der Waals surface area contributed by atoms with Crippen LogP contribution in [0.5, 0.6) is 0 Å². The number of hydrogen-bond acceptors (Lipinski definition) is 7. The Labute approximate surface area is 192 Å². The molecule has 0 radical (unpaired) electrons. The molecule has 1 saturated heterocycles. The number of imidazole rings is 1. The Balaban J connectivity index is 1.63. The van der Waals surface area contributed by atoms with Gasteiger partial charge in [-0.15, -0.1) is 11.3 Å². The average molecular weight is 472 g/mol. The minimum Gasteiger partial charge on any atom is -0.340 e. The van der Waals surface area contributed by atoms with Crippen LogP contribution in [0.3, 0.4) is 0 Å². The molecule has 0 saturated carbocycles. The second-order valence-corrected chi connectivity index (χ2v) is 9.30. The van der Waals surface area contributed by atoms with E-state index in [0.717, 1.165) is 46.2 Å². The predicted molar refractivity (Wildman–Crippen MR) is 127 cm³/mol. The monoisotopic (exact) mass is 471 g/mol. The summed E-state index contributed by atoms with van der Waals surface area (Å²) in [6.45, 7) is 3.66. The van der Waals surface area contributed by atoms with Crippen molar-refractivity contribution in [3.63, 3.8) is 0 Å². The molecule has 4 heterocycles. The van der Waals surface area contributed by atoms with Gasteiger partial charge in [0.05, 0.1) is 6.54 Å². The third-order valence-electron chi connectivity index (χ3n) is 5.69. The molecule has 0 bridgehead atoms. The van der Waals surface area contributed by atoms with Crippen LogP contribution in [0.4, 0.5) is 5.95 Å². The minimum atomic E-state index is -0.387. The van der Waals surface area contributed by atoms with E-state index in [2.05, 4.69) is 15.2 Å². The Morgan fingerprint density at radius 2 is 1.81 bits per heavy atom. The van der Waals surface area contributed by atoms with Gasteiger partial charge in [0, 0.05) is 61.9 Å². The Hall–Kier alpha value is -2.95. The lowest BCUT2D eigenvalue weighted by Gasteiger charge is -2.28. The van der Waals surface area contributed by atoms with Crippen LogP contribution in [-0.2, 0) is 20.6 Å². The molecular weight excluding hydrogens is 450 g/mol. The Morgan fingerprint density at radius 1 is 1.09 bits per heavy atom. The average Bonchev–Trinajstić information content (AvgIpc) is 3.43. The van der Waals surface area contributed by atoms with Crippen molar-refractivity contribution in [1.82, 2.24) is 29.0 Å². The molecule has 166 valence electrons. The van der Waals surface area contributed by atoms with Crippen LogP contribution in [-0.4, -0.2) is 49.8 Å². The summed E-state index contributed by atoms with van der Waals surface area (Å²) in [5.74, 6) is 0.696. The Bertz CT molecular complexity index is 1410. The summed E-state index contributed by atoms with van der Waals surface area (Å²) in [5.41, 5.74) is 1.07. The number of hydrogen-bond donors (Lipinski definition) is 1. The highest BCUT2D eigenvalue weighted by Crippen LogP contribution is 2.29. The number of nitrogens with zero attached hydrogens (tertiary/aromatic N) is 6. The summed E-state index contributed by atoms with van der Waals surface area (Å²) in [7, 11) is 3.14. The first-order valence-corrected chi connectivity index (χ1v) is 11.5. The number of fused-ring (bicyclic) bond motifs is 1. The first kappa shape index (κ1) is 20.9. The third kappa shape index (κ3) is 3.54. The van der Waals surface area contributed by atoms with Crippen molar-refractivity contribution in [2.75, 3.05) is 31.1 Å². The van der Waals surface area contributed by atoms with Gasteiger partial charge in [0.1, 0.15) is 5.01 Å². The zero-order chi connectivity index (χ0) is 22.4. The largest absolute Gasteiger partial charge is 0.340 e. The number of halogens is 1. The lowest BCUT2D eigenvalue weighted by atomic mass is 10.2. The van der Waals surface area contributed by atoms with E-state index >= 15 is 0 Å². The number of aromatic nitrogens is 5. The third-order valence-corrected chi connectivity index (χ3v) is 6.97. The fraction of sp³-hybridized carbons (Fsp3) is 0.333. The maximum Gasteiger partial charge on any atom is 0.332 e. The highest BCUT2D eigenvalue weighted by molar-refractivity contribution is 7.15. The highest BCUT2D eigenvalue weighted by Gasteiger charge is 2.24. The van der Waals surface area contributed by atoms with Crippen molar-refractivity contribution in [3.8, 4) is 10.6 Å². The van der Waals surface area contributed by atoms with Crippen LogP contribution in [0, 0.1) is 0 Å². The fourth-order valence-electron chi connectivity index (χ4n) is 3.95. The number of anilines is 1. The fourth-order valence-corrected chi connectivity index (χ4v) is 4.99. The van der Waals surface area contributed by atoms with E-state index in [-0.39, 0.29) is 11.2 Å². The summed E-state index contributed by atoms with van der Waals surface area (Å²) < 4.78 is 4.49. The van der Waals surface area contributed by atoms with Crippen LogP contribution in [0.15, 0.2) is 40.1 Å². The van der Waals surface area contributed by atoms with Gasteiger partial charge in [0.2, 0.25) is 5.95 Å². The molecule has 0 aliphatic carbocycles. The highest BCUT2D eigenvalue weighted by atomic mass is 35.5. The summed E-state index contributed by atoms with van der Waals surface area (Å²) >= 11 is 7.57. The van der Waals surface area contributed by atoms with Crippen molar-refractivity contribution in [2.24, 2.45) is 14.1 Å². The summed E-state index contributed by atoms with van der Waals surface area (Å²) in [4.78, 5) is 38.0. The summed E-state index contributed by atoms with van der Waals surface area (Å²) in [6.07, 6.45) is 1.83. The maximum atomic E-state index is 13.1. The predicted octanol–water partition coefficient (Wildman–Crippen LogP) is 1.67. The standard InChI is InChI=1S/C21H22ClN7O2S/c1-26-17-16(19(30)27(2)21(26)31)29(20(25-17)28-9-7-23-8-10-28)12-15-11-24-18(32-15)13-3-5-14(22)6-4-13/h3-6,11,23H,7-10,12H2,1-2H3. The van der Waals surface area contributed by atoms with Crippen LogP contribution >= 0.6 is 22.9 Å². The first-order valence-electron chi connectivity index (χ1n) is 10.3. The molecule has 0 spiro atoms. The van der Waals surface area contributed by atoms with Gasteiger partial charge in [-0.25, -0.2) is 9.78 Å². The zero-order valence-electron chi connectivity index (χ0n) is 17.7. The number of rotatable bonds is 4. The molecule has 0 unspecified atom stereocenters. The minimum absolute atomic E-state index is 0.348. The van der Waals surface area contributed by atoms with Crippen LogP contribution in [0.1, 0.15) is 4.88 Å². The summed E-state index contributed by atoms with van der Waals surface area (Å²) in [6, 6.07) is 7.56. The number of nitrogens with one attached hydrogen (secondary N) is 1. The van der Waals surface area contributed by atoms with E-state index in [9.17, 15) is 9.59 Å². The maximum absolute atomic E-state index is 13.1. The number of thiazole rings is 1. The molecule has 0 amide bonds.